The largest absolute Gasteiger partial charge is 0.354 e. The molecule has 0 spiro atoms. The number of hydrogen-bond acceptors (Lipinski definition) is 2. The zero-order valence-corrected chi connectivity index (χ0v) is 12.7. The third-order valence-electron chi connectivity index (χ3n) is 3.97. The molecule has 1 saturated carbocycles. The normalized spacial score (nSPS) is 14.7. The monoisotopic (exact) mass is 288 g/mol. The average molecular weight is 289 g/mol. The lowest BCUT2D eigenvalue weighted by Crippen LogP contribution is -2.27. The van der Waals surface area contributed by atoms with Crippen LogP contribution in [0.3, 0.4) is 0 Å². The molecule has 1 aliphatic rings. The molecular formula is C17H21ClN2. The number of aromatic nitrogens is 1. The summed E-state index contributed by atoms with van der Waals surface area (Å²) in [4.78, 5) is 7.34. The number of unbranched alkanes of at least 4 members (excludes halogenated alkanes) is 1. The number of hydrogen-bond donors (Lipinski definition) is 0. The fourth-order valence-electron chi connectivity index (χ4n) is 2.69. The van der Waals surface area contributed by atoms with E-state index in [1.807, 2.05) is 6.07 Å². The standard InChI is InChI=1S/C17H21ClN2/c1-2-3-10-20(14-8-9-14)17-11-13(12-18)15-6-4-5-7-16(15)19-17/h4-7,11,14H,2-3,8-10,12H2,1H3. The van der Waals surface area contributed by atoms with Crippen LogP contribution in [0.25, 0.3) is 10.9 Å². The smallest absolute Gasteiger partial charge is 0.129 e. The summed E-state index contributed by atoms with van der Waals surface area (Å²) in [5, 5.41) is 1.18. The first-order valence-electron chi connectivity index (χ1n) is 7.54. The topological polar surface area (TPSA) is 16.1 Å². The first-order valence-corrected chi connectivity index (χ1v) is 8.08. The third kappa shape index (κ3) is 2.76. The van der Waals surface area contributed by atoms with Crippen LogP contribution in [0.5, 0.6) is 0 Å². The zero-order chi connectivity index (χ0) is 13.9. The first-order chi connectivity index (χ1) is 9.83. The van der Waals surface area contributed by atoms with E-state index in [0.29, 0.717) is 11.9 Å². The number of benzene rings is 1. The Balaban J connectivity index is 2.00. The molecule has 2 aromatic rings. The second-order valence-electron chi connectivity index (χ2n) is 5.57. The number of rotatable bonds is 6. The summed E-state index contributed by atoms with van der Waals surface area (Å²) in [7, 11) is 0. The molecule has 1 aromatic heterocycles. The predicted octanol–water partition coefficient (Wildman–Crippen LogP) is 4.74. The van der Waals surface area contributed by atoms with E-state index in [4.69, 9.17) is 16.6 Å². The molecule has 1 aliphatic carbocycles. The van der Waals surface area contributed by atoms with Gasteiger partial charge in [-0.1, -0.05) is 31.5 Å². The van der Waals surface area contributed by atoms with Crippen LogP contribution in [-0.4, -0.2) is 17.6 Å². The highest BCUT2D eigenvalue weighted by atomic mass is 35.5. The van der Waals surface area contributed by atoms with Crippen molar-refractivity contribution in [1.82, 2.24) is 4.98 Å². The van der Waals surface area contributed by atoms with E-state index >= 15 is 0 Å². The summed E-state index contributed by atoms with van der Waals surface area (Å²) in [6, 6.07) is 11.2. The highest BCUT2D eigenvalue weighted by Crippen LogP contribution is 2.33. The van der Waals surface area contributed by atoms with Crippen molar-refractivity contribution in [2.24, 2.45) is 0 Å². The van der Waals surface area contributed by atoms with Crippen molar-refractivity contribution in [1.29, 1.82) is 0 Å². The number of halogens is 1. The fraction of sp³-hybridized carbons (Fsp3) is 0.471. The molecule has 0 N–H and O–H groups in total. The van der Waals surface area contributed by atoms with Gasteiger partial charge >= 0.3 is 0 Å². The van der Waals surface area contributed by atoms with Gasteiger partial charge in [0.25, 0.3) is 0 Å². The molecule has 3 heteroatoms. The van der Waals surface area contributed by atoms with Crippen molar-refractivity contribution in [3.63, 3.8) is 0 Å². The Morgan fingerprint density at radius 1 is 1.30 bits per heavy atom. The lowest BCUT2D eigenvalue weighted by atomic mass is 10.1. The number of fused-ring (bicyclic) bond motifs is 1. The Morgan fingerprint density at radius 3 is 2.80 bits per heavy atom. The molecule has 106 valence electrons. The van der Waals surface area contributed by atoms with Gasteiger partial charge in [-0.05, 0) is 37.0 Å². The van der Waals surface area contributed by atoms with Gasteiger partial charge in [-0.25, -0.2) is 4.98 Å². The Hall–Kier alpha value is -1.28. The van der Waals surface area contributed by atoms with Gasteiger partial charge in [0.2, 0.25) is 0 Å². The third-order valence-corrected chi connectivity index (χ3v) is 4.25. The summed E-state index contributed by atoms with van der Waals surface area (Å²) in [5.74, 6) is 1.65. The van der Waals surface area contributed by atoms with E-state index in [0.717, 1.165) is 17.9 Å². The summed E-state index contributed by atoms with van der Waals surface area (Å²) in [6.07, 6.45) is 5.04. The molecule has 1 aromatic carbocycles. The van der Waals surface area contributed by atoms with Gasteiger partial charge in [-0.3, -0.25) is 0 Å². The molecule has 1 heterocycles. The molecule has 0 radical (unpaired) electrons. The average Bonchev–Trinajstić information content (AvgIpc) is 3.31. The zero-order valence-electron chi connectivity index (χ0n) is 12.0. The Bertz CT molecular complexity index is 593. The first kappa shape index (κ1) is 13.7. The molecule has 1 fully saturated rings. The second-order valence-corrected chi connectivity index (χ2v) is 5.84. The molecule has 0 bridgehead atoms. The maximum Gasteiger partial charge on any atom is 0.129 e. The highest BCUT2D eigenvalue weighted by Gasteiger charge is 2.29. The Kier molecular flexibility index (Phi) is 4.11. The Labute approximate surface area is 125 Å². The van der Waals surface area contributed by atoms with Crippen LogP contribution < -0.4 is 4.90 Å². The summed E-state index contributed by atoms with van der Waals surface area (Å²) in [5.41, 5.74) is 2.25. The summed E-state index contributed by atoms with van der Waals surface area (Å²) >= 11 is 6.14. The maximum absolute atomic E-state index is 6.14. The molecular weight excluding hydrogens is 268 g/mol. The van der Waals surface area contributed by atoms with Gasteiger partial charge in [0.15, 0.2) is 0 Å². The number of para-hydroxylation sites is 1. The molecule has 20 heavy (non-hydrogen) atoms. The fourth-order valence-corrected chi connectivity index (χ4v) is 2.91. The Morgan fingerprint density at radius 2 is 2.10 bits per heavy atom. The number of pyridine rings is 1. The van der Waals surface area contributed by atoms with Crippen molar-refractivity contribution < 1.29 is 0 Å². The van der Waals surface area contributed by atoms with E-state index in [9.17, 15) is 0 Å². The minimum atomic E-state index is 0.544. The number of nitrogens with zero attached hydrogens (tertiary/aromatic N) is 2. The van der Waals surface area contributed by atoms with Crippen LogP contribution in [0.15, 0.2) is 30.3 Å². The SMILES string of the molecule is CCCCN(c1cc(CCl)c2ccccc2n1)C1CC1. The van der Waals surface area contributed by atoms with Gasteiger partial charge in [-0.15, -0.1) is 11.6 Å². The van der Waals surface area contributed by atoms with E-state index in [2.05, 4.69) is 36.1 Å². The molecule has 0 atom stereocenters. The van der Waals surface area contributed by atoms with Crippen LogP contribution in [-0.2, 0) is 5.88 Å². The minimum Gasteiger partial charge on any atom is -0.354 e. The van der Waals surface area contributed by atoms with E-state index in [1.54, 1.807) is 0 Å². The van der Waals surface area contributed by atoms with Gasteiger partial charge in [0, 0.05) is 23.9 Å². The highest BCUT2D eigenvalue weighted by molar-refractivity contribution is 6.18. The van der Waals surface area contributed by atoms with Crippen molar-refractivity contribution in [2.45, 2.75) is 44.5 Å². The van der Waals surface area contributed by atoms with Crippen molar-refractivity contribution in [3.8, 4) is 0 Å². The van der Waals surface area contributed by atoms with Crippen LogP contribution in [0.2, 0.25) is 0 Å². The molecule has 0 unspecified atom stereocenters. The number of anilines is 1. The minimum absolute atomic E-state index is 0.544. The van der Waals surface area contributed by atoms with Crippen LogP contribution in [0.4, 0.5) is 5.82 Å². The van der Waals surface area contributed by atoms with Crippen molar-refractivity contribution in [2.75, 3.05) is 11.4 Å². The van der Waals surface area contributed by atoms with Gasteiger partial charge < -0.3 is 4.90 Å². The predicted molar refractivity (Wildman–Crippen MR) is 86.6 cm³/mol. The van der Waals surface area contributed by atoms with Gasteiger partial charge in [-0.2, -0.15) is 0 Å². The molecule has 0 saturated heterocycles. The maximum atomic E-state index is 6.14. The molecule has 0 aliphatic heterocycles. The lowest BCUT2D eigenvalue weighted by molar-refractivity contribution is 0.705. The molecule has 2 nitrogen and oxygen atoms in total. The van der Waals surface area contributed by atoms with Crippen molar-refractivity contribution in [3.05, 3.63) is 35.9 Å². The lowest BCUT2D eigenvalue weighted by Gasteiger charge is -2.24. The van der Waals surface area contributed by atoms with Crippen LogP contribution in [0, 0.1) is 0 Å². The number of alkyl halides is 1. The van der Waals surface area contributed by atoms with E-state index in [-0.39, 0.29) is 0 Å². The van der Waals surface area contributed by atoms with Crippen LogP contribution in [0.1, 0.15) is 38.2 Å². The van der Waals surface area contributed by atoms with Crippen molar-refractivity contribution >= 4 is 28.3 Å². The quantitative estimate of drug-likeness (QED) is 0.714. The molecule has 0 amide bonds. The van der Waals surface area contributed by atoms with Crippen LogP contribution >= 0.6 is 11.6 Å². The summed E-state index contributed by atoms with van der Waals surface area (Å²) in [6.45, 7) is 3.34. The molecule has 3 rings (SSSR count). The summed E-state index contributed by atoms with van der Waals surface area (Å²) < 4.78 is 0. The second kappa shape index (κ2) is 6.01. The van der Waals surface area contributed by atoms with Gasteiger partial charge in [0.1, 0.15) is 5.82 Å². The van der Waals surface area contributed by atoms with E-state index < -0.39 is 0 Å². The van der Waals surface area contributed by atoms with Gasteiger partial charge in [0.05, 0.1) is 5.52 Å². The van der Waals surface area contributed by atoms with E-state index in [1.165, 1.54) is 36.6 Å².